The number of hydrogen-bond donors (Lipinski definition) is 2. The number of nitrogens with two attached hydrogens (primary N) is 1. The molecule has 3 aromatic rings. The molecule has 8 nitrogen and oxygen atoms in total. The molecular weight excluding hydrogens is 270 g/mol. The summed E-state index contributed by atoms with van der Waals surface area (Å²) in [4.78, 5) is 12.2. The molecule has 21 heavy (non-hydrogen) atoms. The first-order valence-electron chi connectivity index (χ1n) is 6.22. The maximum atomic E-state index is 5.51. The van der Waals surface area contributed by atoms with Crippen LogP contribution in [-0.4, -0.2) is 24.7 Å². The summed E-state index contributed by atoms with van der Waals surface area (Å²) in [7, 11) is 0. The van der Waals surface area contributed by atoms with E-state index in [0.717, 1.165) is 11.4 Å². The van der Waals surface area contributed by atoms with Crippen LogP contribution in [0.5, 0.6) is 11.9 Å². The predicted octanol–water partition coefficient (Wildman–Crippen LogP) is 1.44. The van der Waals surface area contributed by atoms with Crippen molar-refractivity contribution in [3.63, 3.8) is 0 Å². The van der Waals surface area contributed by atoms with Gasteiger partial charge in [0.1, 0.15) is 6.33 Å². The van der Waals surface area contributed by atoms with E-state index in [1.807, 2.05) is 37.3 Å². The number of ether oxygens (including phenoxy) is 1. The Kier molecular flexibility index (Phi) is 3.44. The summed E-state index contributed by atoms with van der Waals surface area (Å²) < 4.78 is 7.13. The van der Waals surface area contributed by atoms with Crippen LogP contribution in [-0.2, 0) is 0 Å². The number of nitrogens with one attached hydrogen (secondary N) is 1. The first kappa shape index (κ1) is 13.0. The molecule has 0 radical (unpaired) electrons. The largest absolute Gasteiger partial charge is 0.404 e. The number of para-hydroxylation sites is 1. The van der Waals surface area contributed by atoms with E-state index in [1.54, 1.807) is 17.1 Å². The van der Waals surface area contributed by atoms with E-state index in [9.17, 15) is 0 Å². The fourth-order valence-corrected chi connectivity index (χ4v) is 1.75. The lowest BCUT2D eigenvalue weighted by Gasteiger charge is -2.04. The SMILES string of the molecule is Cc1cc(Oc2ncn(-c3ccccc3)n2)nc(NN)n1. The highest BCUT2D eigenvalue weighted by Crippen LogP contribution is 2.18. The molecule has 0 saturated carbocycles. The van der Waals surface area contributed by atoms with Gasteiger partial charge in [-0.3, -0.25) is 5.43 Å². The topological polar surface area (TPSA) is 104 Å². The molecule has 2 aromatic heterocycles. The summed E-state index contributed by atoms with van der Waals surface area (Å²) in [6, 6.07) is 11.5. The maximum Gasteiger partial charge on any atom is 0.342 e. The van der Waals surface area contributed by atoms with Crippen LogP contribution in [0.2, 0.25) is 0 Å². The lowest BCUT2D eigenvalue weighted by atomic mass is 10.3. The van der Waals surface area contributed by atoms with Crippen LogP contribution in [0.1, 0.15) is 5.69 Å². The van der Waals surface area contributed by atoms with Crippen molar-refractivity contribution in [3.8, 4) is 17.6 Å². The Morgan fingerprint density at radius 2 is 2.00 bits per heavy atom. The molecular formula is C13H13N7O. The standard InChI is InChI=1S/C13H13N7O/c1-9-7-11(17-12(16-9)18-14)21-13-15-8-20(19-13)10-5-3-2-4-6-10/h2-8H,14H2,1H3,(H,16,17,18). The number of hydrazine groups is 1. The zero-order chi connectivity index (χ0) is 14.7. The number of nitrogens with zero attached hydrogens (tertiary/aromatic N) is 5. The number of aromatic nitrogens is 5. The van der Waals surface area contributed by atoms with Crippen molar-refractivity contribution in [3.05, 3.63) is 48.4 Å². The molecule has 0 amide bonds. The number of hydrogen-bond acceptors (Lipinski definition) is 7. The van der Waals surface area contributed by atoms with Gasteiger partial charge >= 0.3 is 6.01 Å². The van der Waals surface area contributed by atoms with Gasteiger partial charge in [0, 0.05) is 11.8 Å². The van der Waals surface area contributed by atoms with Gasteiger partial charge < -0.3 is 4.74 Å². The van der Waals surface area contributed by atoms with E-state index in [1.165, 1.54) is 0 Å². The zero-order valence-corrected chi connectivity index (χ0v) is 11.3. The van der Waals surface area contributed by atoms with E-state index in [4.69, 9.17) is 10.6 Å². The predicted molar refractivity (Wildman–Crippen MR) is 76.0 cm³/mol. The second-order valence-corrected chi connectivity index (χ2v) is 4.22. The number of aryl methyl sites for hydroxylation is 1. The van der Waals surface area contributed by atoms with E-state index in [-0.39, 0.29) is 12.0 Å². The van der Waals surface area contributed by atoms with E-state index in [0.29, 0.717) is 5.88 Å². The summed E-state index contributed by atoms with van der Waals surface area (Å²) in [6.45, 7) is 1.81. The first-order valence-corrected chi connectivity index (χ1v) is 6.22. The third-order valence-corrected chi connectivity index (χ3v) is 2.65. The molecule has 8 heteroatoms. The van der Waals surface area contributed by atoms with E-state index < -0.39 is 0 Å². The Labute approximate surface area is 120 Å². The average molecular weight is 283 g/mol. The minimum absolute atomic E-state index is 0.194. The highest BCUT2D eigenvalue weighted by Gasteiger charge is 2.08. The fraction of sp³-hybridized carbons (Fsp3) is 0.0769. The summed E-state index contributed by atoms with van der Waals surface area (Å²) >= 11 is 0. The Morgan fingerprint density at radius 3 is 2.76 bits per heavy atom. The van der Waals surface area contributed by atoms with Gasteiger partial charge in [0.05, 0.1) is 5.69 Å². The van der Waals surface area contributed by atoms with Gasteiger partial charge in [-0.15, -0.1) is 5.10 Å². The third kappa shape index (κ3) is 2.95. The van der Waals surface area contributed by atoms with Gasteiger partial charge in [-0.25, -0.2) is 15.5 Å². The lowest BCUT2D eigenvalue weighted by molar-refractivity contribution is 0.424. The Bertz CT molecular complexity index is 741. The molecule has 106 valence electrons. The van der Waals surface area contributed by atoms with Crippen LogP contribution in [0.25, 0.3) is 5.69 Å². The monoisotopic (exact) mass is 283 g/mol. The van der Waals surface area contributed by atoms with Crippen molar-refractivity contribution in [2.24, 2.45) is 5.84 Å². The van der Waals surface area contributed by atoms with Gasteiger partial charge in [0.2, 0.25) is 11.8 Å². The van der Waals surface area contributed by atoms with Gasteiger partial charge in [-0.2, -0.15) is 9.97 Å². The molecule has 0 fully saturated rings. The highest BCUT2D eigenvalue weighted by molar-refractivity contribution is 5.31. The van der Waals surface area contributed by atoms with Crippen LogP contribution in [0.3, 0.4) is 0 Å². The number of rotatable bonds is 4. The zero-order valence-electron chi connectivity index (χ0n) is 11.3. The van der Waals surface area contributed by atoms with Gasteiger partial charge in [-0.05, 0) is 19.1 Å². The van der Waals surface area contributed by atoms with Crippen molar-refractivity contribution in [1.82, 2.24) is 24.7 Å². The summed E-state index contributed by atoms with van der Waals surface area (Å²) in [5.41, 5.74) is 3.99. The number of anilines is 1. The number of nitrogen functional groups attached to an aromatic ring is 1. The van der Waals surface area contributed by atoms with E-state index in [2.05, 4.69) is 25.5 Å². The minimum Gasteiger partial charge on any atom is -0.404 e. The Balaban J connectivity index is 1.83. The average Bonchev–Trinajstić information content (AvgIpc) is 2.96. The van der Waals surface area contributed by atoms with Crippen LogP contribution in [0.4, 0.5) is 5.95 Å². The summed E-state index contributed by atoms with van der Waals surface area (Å²) in [5.74, 6) is 5.89. The molecule has 0 unspecified atom stereocenters. The quantitative estimate of drug-likeness (QED) is 0.551. The van der Waals surface area contributed by atoms with Crippen molar-refractivity contribution < 1.29 is 4.74 Å². The van der Waals surface area contributed by atoms with Crippen molar-refractivity contribution >= 4 is 5.95 Å². The minimum atomic E-state index is 0.194. The second-order valence-electron chi connectivity index (χ2n) is 4.22. The Morgan fingerprint density at radius 1 is 1.19 bits per heavy atom. The smallest absolute Gasteiger partial charge is 0.342 e. The van der Waals surface area contributed by atoms with Crippen molar-refractivity contribution in [2.75, 3.05) is 5.43 Å². The molecule has 3 rings (SSSR count). The van der Waals surface area contributed by atoms with E-state index >= 15 is 0 Å². The van der Waals surface area contributed by atoms with Gasteiger partial charge in [0.15, 0.2) is 0 Å². The molecule has 0 bridgehead atoms. The van der Waals surface area contributed by atoms with Crippen LogP contribution >= 0.6 is 0 Å². The highest BCUT2D eigenvalue weighted by atomic mass is 16.5. The molecule has 0 saturated heterocycles. The number of benzene rings is 1. The van der Waals surface area contributed by atoms with Crippen LogP contribution in [0, 0.1) is 6.92 Å². The molecule has 1 aromatic carbocycles. The molecule has 0 spiro atoms. The fourth-order valence-electron chi connectivity index (χ4n) is 1.75. The van der Waals surface area contributed by atoms with Gasteiger partial charge in [-0.1, -0.05) is 18.2 Å². The maximum absolute atomic E-state index is 5.51. The Hall–Kier alpha value is -3.00. The molecule has 2 heterocycles. The lowest BCUT2D eigenvalue weighted by Crippen LogP contribution is -2.11. The normalized spacial score (nSPS) is 10.4. The summed E-state index contributed by atoms with van der Waals surface area (Å²) in [6.07, 6.45) is 1.57. The molecule has 3 N–H and O–H groups in total. The van der Waals surface area contributed by atoms with Crippen molar-refractivity contribution in [2.45, 2.75) is 6.92 Å². The van der Waals surface area contributed by atoms with Crippen LogP contribution < -0.4 is 16.0 Å². The third-order valence-electron chi connectivity index (χ3n) is 2.65. The van der Waals surface area contributed by atoms with Crippen molar-refractivity contribution in [1.29, 1.82) is 0 Å². The summed E-state index contributed by atoms with van der Waals surface area (Å²) in [5, 5.41) is 4.23. The molecule has 0 aliphatic heterocycles. The molecule has 0 aliphatic carbocycles. The first-order chi connectivity index (χ1) is 10.2. The second kappa shape index (κ2) is 5.55. The molecule has 0 aliphatic rings. The van der Waals surface area contributed by atoms with Crippen LogP contribution in [0.15, 0.2) is 42.7 Å². The molecule has 0 atom stereocenters. The van der Waals surface area contributed by atoms with Gasteiger partial charge in [0.25, 0.3) is 0 Å².